The van der Waals surface area contributed by atoms with Crippen molar-refractivity contribution in [3.05, 3.63) is 70.1 Å². The van der Waals surface area contributed by atoms with E-state index in [2.05, 4.69) is 10.0 Å². The second-order valence-electron chi connectivity index (χ2n) is 8.68. The average molecular weight is 594 g/mol. The monoisotopic (exact) mass is 593 g/mol. The lowest BCUT2D eigenvalue weighted by Gasteiger charge is -2.14. The third-order valence-electron chi connectivity index (χ3n) is 5.45. The molecular formula is C27H35N3O10S. The number of Topliss-reactive ketones (excluding diaryl/α,β-unsaturated/α-hetero) is 1. The Kier molecular flexibility index (Phi) is 15.4. The number of nitrogens with zero attached hydrogens (tertiary/aromatic N) is 3. The van der Waals surface area contributed by atoms with Gasteiger partial charge in [-0.2, -0.15) is 8.42 Å². The molecule has 1 atom stereocenters. The van der Waals surface area contributed by atoms with Gasteiger partial charge in [-0.05, 0) is 42.3 Å². The van der Waals surface area contributed by atoms with Crippen LogP contribution in [0.25, 0.3) is 10.4 Å². The molecule has 0 N–H and O–H groups in total. The lowest BCUT2D eigenvalue weighted by molar-refractivity contribution is -0.149. The topological polar surface area (TPSA) is 172 Å². The second kappa shape index (κ2) is 18.8. The predicted octanol–water partition coefficient (Wildman–Crippen LogP) is 3.39. The van der Waals surface area contributed by atoms with Crippen molar-refractivity contribution in [3.63, 3.8) is 0 Å². The Hall–Kier alpha value is -3.52. The minimum absolute atomic E-state index is 0.0373. The molecule has 0 aromatic heterocycles. The SMILES string of the molecule is COC(=O)[C@H](COCc1cccc(OCCOCCOCCOS(=O)(=O)c2ccc(C)cc2)c1)CC(=O)CN=[N+]=[N-]. The molecule has 0 aliphatic heterocycles. The van der Waals surface area contributed by atoms with Crippen LogP contribution in [0.15, 0.2) is 58.5 Å². The quantitative estimate of drug-likeness (QED) is 0.0521. The number of hydrogen-bond acceptors (Lipinski definition) is 11. The number of ketones is 1. The van der Waals surface area contributed by atoms with E-state index in [4.69, 9.17) is 33.4 Å². The van der Waals surface area contributed by atoms with E-state index < -0.39 is 22.0 Å². The summed E-state index contributed by atoms with van der Waals surface area (Å²) in [5.41, 5.74) is 10.1. The minimum atomic E-state index is -3.81. The number of esters is 1. The van der Waals surface area contributed by atoms with Crippen molar-refractivity contribution in [1.82, 2.24) is 0 Å². The van der Waals surface area contributed by atoms with Gasteiger partial charge in [0.1, 0.15) is 18.1 Å². The van der Waals surface area contributed by atoms with Gasteiger partial charge in [-0.25, -0.2) is 0 Å². The highest BCUT2D eigenvalue weighted by Crippen LogP contribution is 2.16. The number of benzene rings is 2. The molecule has 0 bridgehead atoms. The Balaban J connectivity index is 1.59. The van der Waals surface area contributed by atoms with Gasteiger partial charge in [-0.1, -0.05) is 34.9 Å². The molecule has 0 aliphatic rings. The first-order valence-corrected chi connectivity index (χ1v) is 14.2. The van der Waals surface area contributed by atoms with Crippen LogP contribution < -0.4 is 4.74 Å². The summed E-state index contributed by atoms with van der Waals surface area (Å²) in [5, 5.41) is 3.21. The maximum atomic E-state index is 12.1. The van der Waals surface area contributed by atoms with E-state index in [9.17, 15) is 18.0 Å². The van der Waals surface area contributed by atoms with Crippen molar-refractivity contribution in [3.8, 4) is 5.75 Å². The standard InChI is InChI=1S/C27H35N3O10S/c1-21-6-8-26(9-7-21)41(33,34)40-15-13-37-11-10-36-12-14-39-25-5-3-4-22(16-25)19-38-20-23(27(32)35-2)17-24(31)18-29-30-28/h3-9,16,23H,10-15,17-20H2,1-2H3/t23-/m0/s1. The number of carbonyl (C=O) groups excluding carboxylic acids is 2. The number of ether oxygens (including phenoxy) is 5. The summed E-state index contributed by atoms with van der Waals surface area (Å²) in [4.78, 5) is 26.4. The lowest BCUT2D eigenvalue weighted by atomic mass is 10.0. The lowest BCUT2D eigenvalue weighted by Crippen LogP contribution is -2.25. The number of azide groups is 1. The van der Waals surface area contributed by atoms with E-state index in [-0.39, 0.29) is 56.7 Å². The molecule has 0 fully saturated rings. The van der Waals surface area contributed by atoms with E-state index in [1.807, 2.05) is 13.0 Å². The molecular weight excluding hydrogens is 558 g/mol. The fourth-order valence-corrected chi connectivity index (χ4v) is 4.28. The molecule has 0 amide bonds. The average Bonchev–Trinajstić information content (AvgIpc) is 2.96. The van der Waals surface area contributed by atoms with Crippen LogP contribution in [0.5, 0.6) is 5.75 Å². The molecule has 0 radical (unpaired) electrons. The van der Waals surface area contributed by atoms with Gasteiger partial charge in [0.25, 0.3) is 10.1 Å². The summed E-state index contributed by atoms with van der Waals surface area (Å²) in [5.74, 6) is -1.17. The van der Waals surface area contributed by atoms with Crippen LogP contribution >= 0.6 is 0 Å². The van der Waals surface area contributed by atoms with Crippen molar-refractivity contribution >= 4 is 21.9 Å². The first-order valence-electron chi connectivity index (χ1n) is 12.8. The van der Waals surface area contributed by atoms with Crippen molar-refractivity contribution < 1.29 is 45.9 Å². The van der Waals surface area contributed by atoms with Crippen LogP contribution in [-0.4, -0.2) is 80.1 Å². The predicted molar refractivity (Wildman–Crippen MR) is 147 cm³/mol. The van der Waals surface area contributed by atoms with Gasteiger partial charge in [0.05, 0.1) is 70.7 Å². The summed E-state index contributed by atoms with van der Waals surface area (Å²) in [6.45, 7) is 2.85. The van der Waals surface area contributed by atoms with E-state index in [1.165, 1.54) is 19.2 Å². The summed E-state index contributed by atoms with van der Waals surface area (Å²) in [7, 11) is -2.59. The summed E-state index contributed by atoms with van der Waals surface area (Å²) in [6.07, 6.45) is -0.149. The van der Waals surface area contributed by atoms with Gasteiger partial charge in [-0.15, -0.1) is 0 Å². The van der Waals surface area contributed by atoms with Gasteiger partial charge < -0.3 is 23.7 Å². The molecule has 224 valence electrons. The smallest absolute Gasteiger partial charge is 0.311 e. The van der Waals surface area contributed by atoms with E-state index >= 15 is 0 Å². The number of rotatable bonds is 21. The van der Waals surface area contributed by atoms with Crippen LogP contribution in [0.3, 0.4) is 0 Å². The van der Waals surface area contributed by atoms with Crippen molar-refractivity contribution in [2.75, 3.05) is 59.9 Å². The van der Waals surface area contributed by atoms with Crippen molar-refractivity contribution in [2.45, 2.75) is 24.8 Å². The van der Waals surface area contributed by atoms with E-state index in [1.54, 1.807) is 30.3 Å². The molecule has 0 spiro atoms. The molecule has 2 aromatic carbocycles. The van der Waals surface area contributed by atoms with Gasteiger partial charge >= 0.3 is 5.97 Å². The normalized spacial score (nSPS) is 11.9. The summed E-state index contributed by atoms with van der Waals surface area (Å²) in [6, 6.07) is 13.6. The Morgan fingerprint density at radius 3 is 2.32 bits per heavy atom. The molecule has 41 heavy (non-hydrogen) atoms. The highest BCUT2D eigenvalue weighted by Gasteiger charge is 2.22. The number of methoxy groups -OCH3 is 1. The second-order valence-corrected chi connectivity index (χ2v) is 10.3. The van der Waals surface area contributed by atoms with Gasteiger partial charge in [-0.3, -0.25) is 13.8 Å². The van der Waals surface area contributed by atoms with Crippen molar-refractivity contribution in [1.29, 1.82) is 0 Å². The summed E-state index contributed by atoms with van der Waals surface area (Å²) >= 11 is 0. The summed E-state index contributed by atoms with van der Waals surface area (Å²) < 4.78 is 56.0. The van der Waals surface area contributed by atoms with E-state index in [0.717, 1.165) is 11.1 Å². The zero-order valence-corrected chi connectivity index (χ0v) is 23.9. The molecule has 0 saturated carbocycles. The largest absolute Gasteiger partial charge is 0.491 e. The Morgan fingerprint density at radius 2 is 1.63 bits per heavy atom. The van der Waals surface area contributed by atoms with Gasteiger partial charge in [0.2, 0.25) is 0 Å². The van der Waals surface area contributed by atoms with Crippen LogP contribution in [0.4, 0.5) is 0 Å². The highest BCUT2D eigenvalue weighted by molar-refractivity contribution is 7.86. The first-order chi connectivity index (χ1) is 19.7. The Labute approximate surface area is 239 Å². The molecule has 0 aliphatic carbocycles. The Morgan fingerprint density at radius 1 is 0.951 bits per heavy atom. The third kappa shape index (κ3) is 13.6. The minimum Gasteiger partial charge on any atom is -0.491 e. The van der Waals surface area contributed by atoms with E-state index in [0.29, 0.717) is 25.6 Å². The molecule has 0 heterocycles. The molecule has 0 saturated heterocycles. The zero-order valence-electron chi connectivity index (χ0n) is 23.1. The first kappa shape index (κ1) is 33.7. The maximum absolute atomic E-state index is 12.1. The Bertz CT molecular complexity index is 1250. The molecule has 2 aromatic rings. The fraction of sp³-hybridized carbons (Fsp3) is 0.481. The van der Waals surface area contributed by atoms with Crippen LogP contribution in [-0.2, 0) is 49.4 Å². The van der Waals surface area contributed by atoms with Crippen LogP contribution in [0.2, 0.25) is 0 Å². The van der Waals surface area contributed by atoms with Crippen LogP contribution in [0.1, 0.15) is 17.5 Å². The third-order valence-corrected chi connectivity index (χ3v) is 6.78. The van der Waals surface area contributed by atoms with Crippen molar-refractivity contribution in [2.24, 2.45) is 11.0 Å². The highest BCUT2D eigenvalue weighted by atomic mass is 32.2. The fourth-order valence-electron chi connectivity index (χ4n) is 3.39. The molecule has 2 rings (SSSR count). The maximum Gasteiger partial charge on any atom is 0.311 e. The van der Waals surface area contributed by atoms with Gasteiger partial charge in [0.15, 0.2) is 0 Å². The van der Waals surface area contributed by atoms with Gasteiger partial charge in [0, 0.05) is 11.3 Å². The number of hydrogen-bond donors (Lipinski definition) is 0. The molecule has 0 unspecified atom stereocenters. The molecule has 13 nitrogen and oxygen atoms in total. The molecule has 14 heteroatoms. The number of carbonyl (C=O) groups is 2. The van der Waals surface area contributed by atoms with Crippen LogP contribution in [0, 0.1) is 12.8 Å². The zero-order chi connectivity index (χ0) is 29.9. The number of aryl methyl sites for hydroxylation is 1.